The maximum absolute atomic E-state index is 12.0. The third-order valence-corrected chi connectivity index (χ3v) is 3.25. The number of hydrogen-bond donors (Lipinski definition) is 1. The Bertz CT molecular complexity index is 498. The second-order valence-electron chi connectivity index (χ2n) is 4.79. The molecule has 1 N–H and O–H groups in total. The number of benzene rings is 1. The summed E-state index contributed by atoms with van der Waals surface area (Å²) in [7, 11) is 0. The van der Waals surface area contributed by atoms with Gasteiger partial charge in [0.1, 0.15) is 5.75 Å². The molecule has 1 aliphatic carbocycles. The van der Waals surface area contributed by atoms with Crippen LogP contribution in [0.5, 0.6) is 5.75 Å². The number of ether oxygens (including phenoxy) is 1. The van der Waals surface area contributed by atoms with E-state index in [1.165, 1.54) is 0 Å². The van der Waals surface area contributed by atoms with E-state index in [0.29, 0.717) is 17.9 Å². The standard InChI is InChI=1S/C14H16F3NO2/c15-14(16,17)7-2-8-20-11-6-5-10-3-1-4-13(18-19)12(10)9-11/h5-6,9,19H,1-4,7-8H2/b18-13-. The molecule has 0 aliphatic heterocycles. The largest absolute Gasteiger partial charge is 0.494 e. The molecule has 0 amide bonds. The highest BCUT2D eigenvalue weighted by atomic mass is 19.4. The lowest BCUT2D eigenvalue weighted by atomic mass is 9.90. The molecule has 20 heavy (non-hydrogen) atoms. The first-order valence-corrected chi connectivity index (χ1v) is 6.53. The molecule has 1 aliphatic rings. The van der Waals surface area contributed by atoms with Crippen LogP contribution in [0, 0.1) is 0 Å². The SMILES string of the molecule is O/N=C1/CCCc2ccc(OCCCC(F)(F)F)cc21. The van der Waals surface area contributed by atoms with E-state index in [-0.39, 0.29) is 13.0 Å². The van der Waals surface area contributed by atoms with Crippen LogP contribution in [0.25, 0.3) is 0 Å². The Morgan fingerprint density at radius 2 is 2.05 bits per heavy atom. The van der Waals surface area contributed by atoms with Gasteiger partial charge in [0.05, 0.1) is 12.3 Å². The van der Waals surface area contributed by atoms with Crippen LogP contribution in [0.15, 0.2) is 23.4 Å². The molecule has 0 aromatic heterocycles. The molecule has 0 spiro atoms. The maximum Gasteiger partial charge on any atom is 0.389 e. The van der Waals surface area contributed by atoms with Crippen molar-refractivity contribution in [2.45, 2.75) is 38.3 Å². The van der Waals surface area contributed by atoms with Gasteiger partial charge < -0.3 is 9.94 Å². The van der Waals surface area contributed by atoms with Crippen molar-refractivity contribution >= 4 is 5.71 Å². The summed E-state index contributed by atoms with van der Waals surface area (Å²) in [6.07, 6.45) is -2.53. The molecule has 1 aromatic carbocycles. The zero-order valence-corrected chi connectivity index (χ0v) is 10.9. The van der Waals surface area contributed by atoms with Crippen molar-refractivity contribution in [1.82, 2.24) is 0 Å². The van der Waals surface area contributed by atoms with Crippen molar-refractivity contribution in [3.63, 3.8) is 0 Å². The molecule has 0 radical (unpaired) electrons. The monoisotopic (exact) mass is 287 g/mol. The third kappa shape index (κ3) is 3.88. The second-order valence-corrected chi connectivity index (χ2v) is 4.79. The van der Waals surface area contributed by atoms with Crippen LogP contribution in [-0.4, -0.2) is 23.7 Å². The molecule has 6 heteroatoms. The summed E-state index contributed by atoms with van der Waals surface area (Å²) < 4.78 is 41.3. The van der Waals surface area contributed by atoms with Gasteiger partial charge in [-0.1, -0.05) is 11.2 Å². The average Bonchev–Trinajstić information content (AvgIpc) is 2.41. The topological polar surface area (TPSA) is 41.8 Å². The van der Waals surface area contributed by atoms with Crippen LogP contribution < -0.4 is 4.74 Å². The number of fused-ring (bicyclic) bond motifs is 1. The van der Waals surface area contributed by atoms with Crippen LogP contribution in [0.1, 0.15) is 36.8 Å². The highest BCUT2D eigenvalue weighted by Gasteiger charge is 2.26. The third-order valence-electron chi connectivity index (χ3n) is 3.25. The quantitative estimate of drug-likeness (QED) is 0.518. The van der Waals surface area contributed by atoms with E-state index in [1.807, 2.05) is 6.07 Å². The van der Waals surface area contributed by atoms with Gasteiger partial charge in [-0.2, -0.15) is 13.2 Å². The summed E-state index contributed by atoms with van der Waals surface area (Å²) >= 11 is 0. The lowest BCUT2D eigenvalue weighted by Gasteiger charge is -2.18. The van der Waals surface area contributed by atoms with Gasteiger partial charge in [-0.15, -0.1) is 0 Å². The Hall–Kier alpha value is -1.72. The van der Waals surface area contributed by atoms with Crippen molar-refractivity contribution < 1.29 is 23.1 Å². The number of oxime groups is 1. The Kier molecular flexibility index (Phi) is 4.52. The number of alkyl halides is 3. The van der Waals surface area contributed by atoms with Crippen molar-refractivity contribution in [1.29, 1.82) is 0 Å². The normalized spacial score (nSPS) is 17.1. The predicted molar refractivity (Wildman–Crippen MR) is 68.5 cm³/mol. The summed E-state index contributed by atoms with van der Waals surface area (Å²) in [5, 5.41) is 12.2. The number of nitrogens with zero attached hydrogens (tertiary/aromatic N) is 1. The van der Waals surface area contributed by atoms with E-state index >= 15 is 0 Å². The van der Waals surface area contributed by atoms with Crippen molar-refractivity contribution in [3.8, 4) is 5.75 Å². The molecule has 1 aromatic rings. The van der Waals surface area contributed by atoms with E-state index in [4.69, 9.17) is 9.94 Å². The predicted octanol–water partition coefficient (Wildman–Crippen LogP) is 3.92. The number of rotatable bonds is 4. The highest BCUT2D eigenvalue weighted by Crippen LogP contribution is 2.26. The highest BCUT2D eigenvalue weighted by molar-refractivity contribution is 6.02. The Labute approximate surface area is 115 Å². The molecule has 0 fully saturated rings. The zero-order chi connectivity index (χ0) is 14.6. The molecule has 0 atom stereocenters. The molecule has 0 saturated heterocycles. The maximum atomic E-state index is 12.0. The van der Waals surface area contributed by atoms with Crippen LogP contribution in [0.4, 0.5) is 13.2 Å². The molecule has 0 saturated carbocycles. The summed E-state index contributed by atoms with van der Waals surface area (Å²) in [6.45, 7) is 0.0178. The number of halogens is 3. The van der Waals surface area contributed by atoms with E-state index < -0.39 is 12.6 Å². The minimum atomic E-state index is -4.14. The Balaban J connectivity index is 1.97. The first-order chi connectivity index (χ1) is 9.49. The smallest absolute Gasteiger partial charge is 0.389 e. The molecule has 0 bridgehead atoms. The molecule has 3 nitrogen and oxygen atoms in total. The molecule has 110 valence electrons. The van der Waals surface area contributed by atoms with Crippen molar-refractivity contribution in [2.24, 2.45) is 5.16 Å². The molecule has 0 unspecified atom stereocenters. The van der Waals surface area contributed by atoms with Crippen molar-refractivity contribution in [2.75, 3.05) is 6.61 Å². The van der Waals surface area contributed by atoms with E-state index in [0.717, 1.165) is 24.0 Å². The molecular formula is C14H16F3NO2. The fourth-order valence-corrected chi connectivity index (χ4v) is 2.28. The minimum Gasteiger partial charge on any atom is -0.494 e. The first kappa shape index (κ1) is 14.7. The van der Waals surface area contributed by atoms with E-state index in [2.05, 4.69) is 5.16 Å². The number of aryl methyl sites for hydroxylation is 1. The Morgan fingerprint density at radius 3 is 2.75 bits per heavy atom. The lowest BCUT2D eigenvalue weighted by Crippen LogP contribution is -2.13. The summed E-state index contributed by atoms with van der Waals surface area (Å²) in [5.41, 5.74) is 2.51. The van der Waals surface area contributed by atoms with Gasteiger partial charge >= 0.3 is 6.18 Å². The first-order valence-electron chi connectivity index (χ1n) is 6.53. The van der Waals surface area contributed by atoms with Crippen LogP contribution in [0.2, 0.25) is 0 Å². The van der Waals surface area contributed by atoms with Crippen LogP contribution >= 0.6 is 0 Å². The van der Waals surface area contributed by atoms with Crippen molar-refractivity contribution in [3.05, 3.63) is 29.3 Å². The molecule has 2 rings (SSSR count). The molecular weight excluding hydrogens is 271 g/mol. The number of hydrogen-bond acceptors (Lipinski definition) is 3. The summed E-state index contributed by atoms with van der Waals surface area (Å²) in [4.78, 5) is 0. The fourth-order valence-electron chi connectivity index (χ4n) is 2.28. The fraction of sp³-hybridized carbons (Fsp3) is 0.500. The van der Waals surface area contributed by atoms with Gasteiger partial charge in [-0.05, 0) is 43.4 Å². The van der Waals surface area contributed by atoms with Gasteiger partial charge in [0, 0.05) is 12.0 Å². The van der Waals surface area contributed by atoms with Gasteiger partial charge in [0.15, 0.2) is 0 Å². The van der Waals surface area contributed by atoms with Gasteiger partial charge in [0.25, 0.3) is 0 Å². The summed E-state index contributed by atoms with van der Waals surface area (Å²) in [5.74, 6) is 0.508. The average molecular weight is 287 g/mol. The van der Waals surface area contributed by atoms with Crippen LogP contribution in [0.3, 0.4) is 0 Å². The summed E-state index contributed by atoms with van der Waals surface area (Å²) in [6, 6.07) is 5.35. The molecule has 0 heterocycles. The van der Waals surface area contributed by atoms with E-state index in [9.17, 15) is 13.2 Å². The Morgan fingerprint density at radius 1 is 1.25 bits per heavy atom. The lowest BCUT2D eigenvalue weighted by molar-refractivity contribution is -0.136. The second kappa shape index (κ2) is 6.15. The van der Waals surface area contributed by atoms with E-state index in [1.54, 1.807) is 12.1 Å². The zero-order valence-electron chi connectivity index (χ0n) is 10.9. The van der Waals surface area contributed by atoms with Gasteiger partial charge in [-0.3, -0.25) is 0 Å². The minimum absolute atomic E-state index is 0.0178. The van der Waals surface area contributed by atoms with Crippen LogP contribution in [-0.2, 0) is 6.42 Å². The van der Waals surface area contributed by atoms with Gasteiger partial charge in [0.2, 0.25) is 0 Å². The van der Waals surface area contributed by atoms with Gasteiger partial charge in [-0.25, -0.2) is 0 Å².